The molecule has 0 atom stereocenters. The molecule has 4 rings (SSSR count). The zero-order valence-electron chi connectivity index (χ0n) is 14.0. The highest BCUT2D eigenvalue weighted by Crippen LogP contribution is 2.24. The van der Waals surface area contributed by atoms with Crippen LogP contribution in [0, 0.1) is 0 Å². The highest BCUT2D eigenvalue weighted by atomic mass is 32.1. The molecule has 0 unspecified atom stereocenters. The van der Waals surface area contributed by atoms with Gasteiger partial charge >= 0.3 is 0 Å². The molecular formula is C20H19N3OS. The number of methoxy groups -OCH3 is 1. The second-order valence-corrected chi connectivity index (χ2v) is 6.86. The molecule has 126 valence electrons. The number of benzene rings is 1. The number of imidazole rings is 1. The van der Waals surface area contributed by atoms with E-state index in [1.165, 1.54) is 4.88 Å². The van der Waals surface area contributed by atoms with E-state index in [-0.39, 0.29) is 0 Å². The van der Waals surface area contributed by atoms with Gasteiger partial charge in [-0.05, 0) is 47.8 Å². The third-order valence-electron chi connectivity index (χ3n) is 4.13. The number of thiophene rings is 1. The summed E-state index contributed by atoms with van der Waals surface area (Å²) in [5.41, 5.74) is 3.19. The lowest BCUT2D eigenvalue weighted by molar-refractivity contribution is 0.415. The molecule has 0 radical (unpaired) electrons. The van der Waals surface area contributed by atoms with Crippen LogP contribution >= 0.6 is 11.3 Å². The van der Waals surface area contributed by atoms with Crippen molar-refractivity contribution in [2.75, 3.05) is 12.0 Å². The molecule has 0 aliphatic rings. The highest BCUT2D eigenvalue weighted by Gasteiger charge is 2.12. The Hall–Kier alpha value is -2.79. The first kappa shape index (κ1) is 15.7. The summed E-state index contributed by atoms with van der Waals surface area (Å²) in [6, 6.07) is 18.5. The minimum absolute atomic E-state index is 0.756. The molecule has 3 heterocycles. The van der Waals surface area contributed by atoms with E-state index < -0.39 is 0 Å². The van der Waals surface area contributed by atoms with Gasteiger partial charge in [-0.1, -0.05) is 12.1 Å². The maximum absolute atomic E-state index is 5.28. The number of nitrogens with zero attached hydrogens (tertiary/aromatic N) is 3. The molecule has 0 aliphatic heterocycles. The normalized spacial score (nSPS) is 10.9. The number of ether oxygens (including phenoxy) is 1. The average Bonchev–Trinajstić information content (AvgIpc) is 3.30. The van der Waals surface area contributed by atoms with E-state index in [1.54, 1.807) is 18.4 Å². The van der Waals surface area contributed by atoms with Gasteiger partial charge in [-0.2, -0.15) is 0 Å². The summed E-state index contributed by atoms with van der Waals surface area (Å²) in [6.07, 6.45) is 4.13. The fourth-order valence-electron chi connectivity index (χ4n) is 2.88. The predicted molar refractivity (Wildman–Crippen MR) is 102 cm³/mol. The number of fused-ring (bicyclic) bond motifs is 1. The van der Waals surface area contributed by atoms with Crippen LogP contribution in [-0.2, 0) is 13.1 Å². The summed E-state index contributed by atoms with van der Waals surface area (Å²) in [6.45, 7) is 1.61. The first-order chi connectivity index (χ1) is 12.3. The van der Waals surface area contributed by atoms with Crippen molar-refractivity contribution in [1.29, 1.82) is 0 Å². The molecule has 4 aromatic rings. The maximum Gasteiger partial charge on any atom is 0.137 e. The van der Waals surface area contributed by atoms with Gasteiger partial charge < -0.3 is 14.0 Å². The molecule has 0 fully saturated rings. The lowest BCUT2D eigenvalue weighted by Gasteiger charge is -2.23. The standard InChI is InChI=1S/C20H19N3OS/c1-24-18-9-7-17(8-10-18)23(15-19-5-4-12-25-19)14-16-13-22-11-3-2-6-20(22)21-16/h2-13H,14-15H2,1H3. The van der Waals surface area contributed by atoms with Crippen LogP contribution in [0.2, 0.25) is 0 Å². The highest BCUT2D eigenvalue weighted by molar-refractivity contribution is 7.09. The fourth-order valence-corrected chi connectivity index (χ4v) is 3.60. The van der Waals surface area contributed by atoms with Crippen LogP contribution in [0.25, 0.3) is 5.65 Å². The Kier molecular flexibility index (Phi) is 4.39. The summed E-state index contributed by atoms with van der Waals surface area (Å²) in [5.74, 6) is 0.868. The van der Waals surface area contributed by atoms with Crippen LogP contribution in [0.15, 0.2) is 72.4 Å². The van der Waals surface area contributed by atoms with Crippen molar-refractivity contribution in [2.24, 2.45) is 0 Å². The molecule has 0 spiro atoms. The van der Waals surface area contributed by atoms with Gasteiger partial charge in [0.15, 0.2) is 0 Å². The summed E-state index contributed by atoms with van der Waals surface area (Å²) in [7, 11) is 1.69. The van der Waals surface area contributed by atoms with E-state index in [9.17, 15) is 0 Å². The van der Waals surface area contributed by atoms with Crippen molar-refractivity contribution in [1.82, 2.24) is 9.38 Å². The number of aromatic nitrogens is 2. The third kappa shape index (κ3) is 3.51. The van der Waals surface area contributed by atoms with Crippen molar-refractivity contribution in [3.8, 4) is 5.75 Å². The Morgan fingerprint density at radius 1 is 1.04 bits per heavy atom. The molecule has 0 bridgehead atoms. The van der Waals surface area contributed by atoms with Crippen molar-refractivity contribution in [2.45, 2.75) is 13.1 Å². The fraction of sp³-hybridized carbons (Fsp3) is 0.150. The van der Waals surface area contributed by atoms with Gasteiger partial charge in [0, 0.05) is 23.0 Å². The zero-order chi connectivity index (χ0) is 17.1. The molecule has 0 aliphatic carbocycles. The number of hydrogen-bond donors (Lipinski definition) is 0. The second-order valence-electron chi connectivity index (χ2n) is 5.83. The second kappa shape index (κ2) is 6.99. The van der Waals surface area contributed by atoms with E-state index in [0.717, 1.165) is 35.9 Å². The molecule has 0 saturated heterocycles. The van der Waals surface area contributed by atoms with Crippen LogP contribution in [0.3, 0.4) is 0 Å². The molecule has 1 aromatic carbocycles. The molecule has 4 nitrogen and oxygen atoms in total. The summed E-state index contributed by atoms with van der Waals surface area (Å²) in [4.78, 5) is 8.41. The molecular weight excluding hydrogens is 330 g/mol. The van der Waals surface area contributed by atoms with E-state index in [0.29, 0.717) is 0 Å². The monoisotopic (exact) mass is 349 g/mol. The predicted octanol–water partition coefficient (Wildman–Crippen LogP) is 4.61. The molecule has 25 heavy (non-hydrogen) atoms. The Bertz CT molecular complexity index is 912. The van der Waals surface area contributed by atoms with Crippen molar-refractivity contribution in [3.63, 3.8) is 0 Å². The van der Waals surface area contributed by atoms with Crippen LogP contribution in [-0.4, -0.2) is 16.5 Å². The van der Waals surface area contributed by atoms with E-state index in [2.05, 4.69) is 45.1 Å². The lowest BCUT2D eigenvalue weighted by Crippen LogP contribution is -2.21. The zero-order valence-corrected chi connectivity index (χ0v) is 14.8. The SMILES string of the molecule is COc1ccc(N(Cc2cn3ccccc3n2)Cc2cccs2)cc1. The third-order valence-corrected chi connectivity index (χ3v) is 4.99. The van der Waals surface area contributed by atoms with Crippen molar-refractivity contribution in [3.05, 3.63) is 82.9 Å². The van der Waals surface area contributed by atoms with Gasteiger partial charge in [-0.15, -0.1) is 11.3 Å². The smallest absolute Gasteiger partial charge is 0.137 e. The molecule has 0 N–H and O–H groups in total. The van der Waals surface area contributed by atoms with Gasteiger partial charge in [0.05, 0.1) is 25.9 Å². The van der Waals surface area contributed by atoms with Gasteiger partial charge in [-0.25, -0.2) is 4.98 Å². The lowest BCUT2D eigenvalue weighted by atomic mass is 10.2. The summed E-state index contributed by atoms with van der Waals surface area (Å²) >= 11 is 1.78. The van der Waals surface area contributed by atoms with Crippen molar-refractivity contribution >= 4 is 22.7 Å². The Labute approximate surface area is 150 Å². The van der Waals surface area contributed by atoms with Gasteiger partial charge in [0.1, 0.15) is 11.4 Å². The summed E-state index contributed by atoms with van der Waals surface area (Å²) in [5, 5.41) is 2.12. The average molecular weight is 349 g/mol. The maximum atomic E-state index is 5.28. The van der Waals surface area contributed by atoms with Gasteiger partial charge in [0.2, 0.25) is 0 Å². The Balaban J connectivity index is 1.63. The first-order valence-electron chi connectivity index (χ1n) is 8.16. The Morgan fingerprint density at radius 2 is 1.92 bits per heavy atom. The number of hydrogen-bond acceptors (Lipinski definition) is 4. The minimum atomic E-state index is 0.756. The van der Waals surface area contributed by atoms with Crippen LogP contribution in [0.4, 0.5) is 5.69 Å². The van der Waals surface area contributed by atoms with Gasteiger partial charge in [-0.3, -0.25) is 0 Å². The molecule has 5 heteroatoms. The Morgan fingerprint density at radius 3 is 2.64 bits per heavy atom. The summed E-state index contributed by atoms with van der Waals surface area (Å²) < 4.78 is 7.34. The minimum Gasteiger partial charge on any atom is -0.497 e. The van der Waals surface area contributed by atoms with E-state index >= 15 is 0 Å². The molecule has 0 saturated carbocycles. The van der Waals surface area contributed by atoms with Crippen molar-refractivity contribution < 1.29 is 4.74 Å². The van der Waals surface area contributed by atoms with Crippen LogP contribution < -0.4 is 9.64 Å². The van der Waals surface area contributed by atoms with Crippen LogP contribution in [0.1, 0.15) is 10.6 Å². The molecule has 0 amide bonds. The van der Waals surface area contributed by atoms with Gasteiger partial charge in [0.25, 0.3) is 0 Å². The van der Waals surface area contributed by atoms with Crippen LogP contribution in [0.5, 0.6) is 5.75 Å². The quantitative estimate of drug-likeness (QED) is 0.509. The molecule has 3 aromatic heterocycles. The number of pyridine rings is 1. The first-order valence-corrected chi connectivity index (χ1v) is 9.04. The largest absolute Gasteiger partial charge is 0.497 e. The van der Waals surface area contributed by atoms with E-state index in [4.69, 9.17) is 9.72 Å². The van der Waals surface area contributed by atoms with E-state index in [1.807, 2.05) is 36.5 Å². The topological polar surface area (TPSA) is 29.8 Å². The number of anilines is 1. The number of rotatable bonds is 6.